The summed E-state index contributed by atoms with van der Waals surface area (Å²) in [6.07, 6.45) is 2.12. The maximum atomic E-state index is 13.2. The second kappa shape index (κ2) is 5.39. The lowest BCUT2D eigenvalue weighted by Gasteiger charge is -2.49. The number of non-ortho nitro benzene ring substituents is 1. The number of carbonyl (C=O) groups is 2. The van der Waals surface area contributed by atoms with Gasteiger partial charge in [-0.05, 0) is 42.5 Å². The average Bonchev–Trinajstić information content (AvgIpc) is 3.16. The molecule has 0 bridgehead atoms. The predicted molar refractivity (Wildman–Crippen MR) is 97.8 cm³/mol. The molecule has 136 valence electrons. The van der Waals surface area contributed by atoms with E-state index >= 15 is 0 Å². The van der Waals surface area contributed by atoms with Crippen molar-refractivity contribution in [3.8, 4) is 0 Å². The topological polar surface area (TPSA) is 92.5 Å². The first-order valence-electron chi connectivity index (χ1n) is 9.01. The summed E-state index contributed by atoms with van der Waals surface area (Å²) in [5, 5.41) is 13.8. The molecule has 0 aromatic heterocycles. The fourth-order valence-electron chi connectivity index (χ4n) is 5.07. The van der Waals surface area contributed by atoms with Gasteiger partial charge in [-0.3, -0.25) is 25.0 Å². The molecule has 0 aliphatic carbocycles. The van der Waals surface area contributed by atoms with Gasteiger partial charge in [0.05, 0.1) is 10.3 Å². The summed E-state index contributed by atoms with van der Waals surface area (Å²) >= 11 is 0. The Hall–Kier alpha value is -3.22. The Labute approximate surface area is 155 Å². The van der Waals surface area contributed by atoms with Crippen molar-refractivity contribution in [2.45, 2.75) is 30.7 Å². The lowest BCUT2D eigenvalue weighted by Crippen LogP contribution is -2.64. The van der Waals surface area contributed by atoms with Crippen molar-refractivity contribution in [1.29, 1.82) is 0 Å². The highest BCUT2D eigenvalue weighted by atomic mass is 16.6. The Morgan fingerprint density at radius 3 is 2.81 bits per heavy atom. The Bertz CT molecular complexity index is 1020. The smallest absolute Gasteiger partial charge is 0.269 e. The second-order valence-electron chi connectivity index (χ2n) is 7.40. The van der Waals surface area contributed by atoms with Crippen LogP contribution in [0.2, 0.25) is 0 Å². The van der Waals surface area contributed by atoms with Gasteiger partial charge >= 0.3 is 0 Å². The third kappa shape index (κ3) is 2.02. The standard InChI is InChI=1S/C20H17N3O4/c24-18-14-4-1-2-5-15(14)20(19(25)21-18)11-12-10-13(23(26)27)7-8-16(12)22-9-3-6-17(20)22/h1-2,4-5,7-8,10,17H,3,6,9,11H2,(H,21,24,25)/t17-,20-/m1/s1. The van der Waals surface area contributed by atoms with Crippen molar-refractivity contribution in [3.05, 3.63) is 69.3 Å². The number of nitrogens with zero attached hydrogens (tertiary/aromatic N) is 2. The van der Waals surface area contributed by atoms with Crippen LogP contribution in [0.15, 0.2) is 42.5 Å². The molecule has 1 saturated heterocycles. The fourth-order valence-corrected chi connectivity index (χ4v) is 5.07. The maximum Gasteiger partial charge on any atom is 0.269 e. The van der Waals surface area contributed by atoms with Gasteiger partial charge in [0.2, 0.25) is 5.91 Å². The SMILES string of the molecule is O=C1NC(=O)[C@]2(Cc3cc([N+](=O)[O-])ccc3N3CCC[C@@H]32)c2ccccc21. The van der Waals surface area contributed by atoms with E-state index in [0.717, 1.165) is 36.2 Å². The van der Waals surface area contributed by atoms with Crippen molar-refractivity contribution in [3.63, 3.8) is 0 Å². The van der Waals surface area contributed by atoms with Crippen molar-refractivity contribution in [2.24, 2.45) is 0 Å². The van der Waals surface area contributed by atoms with Crippen LogP contribution in [-0.2, 0) is 16.6 Å². The number of hydrogen-bond donors (Lipinski definition) is 1. The number of hydrogen-bond acceptors (Lipinski definition) is 5. The maximum absolute atomic E-state index is 13.2. The zero-order valence-corrected chi connectivity index (χ0v) is 14.5. The zero-order chi connectivity index (χ0) is 18.8. The van der Waals surface area contributed by atoms with E-state index < -0.39 is 10.3 Å². The van der Waals surface area contributed by atoms with Gasteiger partial charge in [-0.2, -0.15) is 0 Å². The number of fused-ring (bicyclic) bond motifs is 6. The quantitative estimate of drug-likeness (QED) is 0.477. The van der Waals surface area contributed by atoms with Crippen LogP contribution >= 0.6 is 0 Å². The molecule has 2 aromatic carbocycles. The van der Waals surface area contributed by atoms with Gasteiger partial charge in [0.1, 0.15) is 0 Å². The highest BCUT2D eigenvalue weighted by Crippen LogP contribution is 2.50. The molecule has 1 fully saturated rings. The van der Waals surface area contributed by atoms with Gasteiger partial charge < -0.3 is 4.90 Å². The molecule has 7 nitrogen and oxygen atoms in total. The van der Waals surface area contributed by atoms with Crippen molar-refractivity contribution < 1.29 is 14.5 Å². The van der Waals surface area contributed by atoms with Gasteiger partial charge in [0.15, 0.2) is 0 Å². The third-order valence-corrected chi connectivity index (χ3v) is 6.16. The molecule has 2 aromatic rings. The molecule has 1 spiro atoms. The fraction of sp³-hybridized carbons (Fsp3) is 0.300. The van der Waals surface area contributed by atoms with Crippen LogP contribution in [0.25, 0.3) is 0 Å². The molecule has 0 saturated carbocycles. The number of carbonyl (C=O) groups excluding carboxylic acids is 2. The van der Waals surface area contributed by atoms with Crippen LogP contribution in [0.3, 0.4) is 0 Å². The lowest BCUT2D eigenvalue weighted by atomic mass is 9.63. The number of nitrogens with one attached hydrogen (secondary N) is 1. The molecule has 7 heteroatoms. The molecular formula is C20H17N3O4. The summed E-state index contributed by atoms with van der Waals surface area (Å²) in [6, 6.07) is 12.0. The Kier molecular flexibility index (Phi) is 3.19. The van der Waals surface area contributed by atoms with Crippen LogP contribution in [0.4, 0.5) is 11.4 Å². The molecule has 2 atom stereocenters. The Morgan fingerprint density at radius 1 is 1.19 bits per heavy atom. The van der Waals surface area contributed by atoms with E-state index in [1.807, 2.05) is 12.1 Å². The predicted octanol–water partition coefficient (Wildman–Crippen LogP) is 2.33. The first kappa shape index (κ1) is 16.0. The number of rotatable bonds is 1. The molecule has 3 aliphatic heterocycles. The van der Waals surface area contributed by atoms with Crippen molar-refractivity contribution in [2.75, 3.05) is 11.4 Å². The highest BCUT2D eigenvalue weighted by Gasteiger charge is 2.57. The van der Waals surface area contributed by atoms with Gasteiger partial charge in [-0.25, -0.2) is 0 Å². The minimum absolute atomic E-state index is 0.0159. The summed E-state index contributed by atoms with van der Waals surface area (Å²) in [4.78, 5) is 38.6. The van der Waals surface area contributed by atoms with E-state index in [-0.39, 0.29) is 23.5 Å². The number of nitro groups is 1. The van der Waals surface area contributed by atoms with Crippen LogP contribution in [-0.4, -0.2) is 29.3 Å². The normalized spacial score (nSPS) is 25.6. The van der Waals surface area contributed by atoms with Crippen LogP contribution < -0.4 is 10.2 Å². The Morgan fingerprint density at radius 2 is 2.00 bits per heavy atom. The molecule has 5 rings (SSSR count). The van der Waals surface area contributed by atoms with Crippen molar-refractivity contribution in [1.82, 2.24) is 5.32 Å². The number of nitro benzene ring substituents is 1. The van der Waals surface area contributed by atoms with E-state index in [1.165, 1.54) is 6.07 Å². The lowest BCUT2D eigenvalue weighted by molar-refractivity contribution is -0.384. The molecular weight excluding hydrogens is 346 g/mol. The third-order valence-electron chi connectivity index (χ3n) is 6.16. The average molecular weight is 363 g/mol. The van der Waals surface area contributed by atoms with Crippen LogP contribution in [0, 0.1) is 10.1 Å². The van der Waals surface area contributed by atoms with E-state index in [4.69, 9.17) is 0 Å². The Balaban J connectivity index is 1.77. The number of imide groups is 1. The van der Waals surface area contributed by atoms with Gasteiger partial charge in [-0.1, -0.05) is 18.2 Å². The highest BCUT2D eigenvalue weighted by molar-refractivity contribution is 6.14. The molecule has 0 unspecified atom stereocenters. The number of amides is 2. The van der Waals surface area contributed by atoms with E-state index in [9.17, 15) is 19.7 Å². The molecule has 3 heterocycles. The summed E-state index contributed by atoms with van der Waals surface area (Å²) in [5.74, 6) is -0.684. The van der Waals surface area contributed by atoms with Crippen molar-refractivity contribution >= 4 is 23.2 Å². The zero-order valence-electron chi connectivity index (χ0n) is 14.5. The van der Waals surface area contributed by atoms with E-state index in [2.05, 4.69) is 10.2 Å². The minimum Gasteiger partial charge on any atom is -0.367 e. The second-order valence-corrected chi connectivity index (χ2v) is 7.40. The van der Waals surface area contributed by atoms with Gasteiger partial charge in [0, 0.05) is 36.0 Å². The van der Waals surface area contributed by atoms with Crippen LogP contribution in [0.5, 0.6) is 0 Å². The first-order chi connectivity index (χ1) is 13.0. The summed E-state index contributed by atoms with van der Waals surface area (Å²) in [7, 11) is 0. The van der Waals surface area contributed by atoms with Gasteiger partial charge in [-0.15, -0.1) is 0 Å². The summed E-state index contributed by atoms with van der Waals surface area (Å²) < 4.78 is 0. The summed E-state index contributed by atoms with van der Waals surface area (Å²) in [5.41, 5.74) is 2.08. The largest absolute Gasteiger partial charge is 0.367 e. The minimum atomic E-state index is -0.913. The molecule has 0 radical (unpaired) electrons. The van der Waals surface area contributed by atoms with Crippen LogP contribution in [0.1, 0.15) is 34.3 Å². The van der Waals surface area contributed by atoms with E-state index in [1.54, 1.807) is 24.3 Å². The first-order valence-corrected chi connectivity index (χ1v) is 9.01. The monoisotopic (exact) mass is 363 g/mol. The molecule has 2 amide bonds. The van der Waals surface area contributed by atoms with E-state index in [0.29, 0.717) is 12.0 Å². The number of benzene rings is 2. The summed E-state index contributed by atoms with van der Waals surface area (Å²) in [6.45, 7) is 0.792. The van der Waals surface area contributed by atoms with Gasteiger partial charge in [0.25, 0.3) is 11.6 Å². The molecule has 3 aliphatic rings. The molecule has 27 heavy (non-hydrogen) atoms. The molecule has 1 N–H and O–H groups in total. The number of anilines is 1.